The Balaban J connectivity index is 1.52. The van der Waals surface area contributed by atoms with Gasteiger partial charge in [-0.1, -0.05) is 42.5 Å². The number of primary sulfonamides is 1. The van der Waals surface area contributed by atoms with Crippen LogP contribution in [0.15, 0.2) is 65.7 Å². The summed E-state index contributed by atoms with van der Waals surface area (Å²) in [4.78, 5) is 9.62. The highest BCUT2D eigenvalue weighted by Crippen LogP contribution is 2.41. The van der Waals surface area contributed by atoms with Crippen LogP contribution >= 0.6 is 0 Å². The molecule has 5 rings (SSSR count). The number of hydrogen-bond donors (Lipinski definition) is 1. The van der Waals surface area contributed by atoms with Crippen LogP contribution < -0.4 is 5.14 Å². The molecule has 4 aromatic rings. The lowest BCUT2D eigenvalue weighted by Crippen LogP contribution is -2.13. The third kappa shape index (κ3) is 3.40. The van der Waals surface area contributed by atoms with E-state index in [2.05, 4.69) is 16.5 Å². The van der Waals surface area contributed by atoms with Gasteiger partial charge in [0.2, 0.25) is 10.0 Å². The number of fused-ring (bicyclic) bond motifs is 1. The standard InChI is InChI=1S/C23H22N4O2S/c1-15-12-13-25-23-21(15)26-22(18-10-11-18)27(23)14-16-6-8-17(9-7-16)19-4-2-3-5-20(19)30(24,28)29/h2-9,12-13,18H,10-11,14H2,1H3,(H2,24,28,29). The van der Waals surface area contributed by atoms with E-state index in [1.807, 2.05) is 42.6 Å². The molecule has 1 aliphatic carbocycles. The summed E-state index contributed by atoms with van der Waals surface area (Å²) in [6.07, 6.45) is 4.18. The van der Waals surface area contributed by atoms with Gasteiger partial charge in [-0.25, -0.2) is 23.5 Å². The van der Waals surface area contributed by atoms with E-state index in [1.54, 1.807) is 12.1 Å². The first kappa shape index (κ1) is 19.0. The lowest BCUT2D eigenvalue weighted by Gasteiger charge is -2.11. The Morgan fingerprint density at radius 2 is 1.80 bits per heavy atom. The molecule has 0 saturated heterocycles. The topological polar surface area (TPSA) is 90.9 Å². The molecule has 152 valence electrons. The number of pyridine rings is 1. The first-order valence-corrected chi connectivity index (χ1v) is 11.5. The molecule has 0 radical (unpaired) electrons. The molecule has 0 bridgehead atoms. The molecule has 2 aromatic heterocycles. The number of nitrogens with zero attached hydrogens (tertiary/aromatic N) is 3. The smallest absolute Gasteiger partial charge is 0.238 e. The van der Waals surface area contributed by atoms with Crippen LogP contribution in [0.3, 0.4) is 0 Å². The van der Waals surface area contributed by atoms with E-state index in [-0.39, 0.29) is 4.90 Å². The molecule has 2 aromatic carbocycles. The minimum atomic E-state index is -3.79. The van der Waals surface area contributed by atoms with Crippen LogP contribution in [0.1, 0.15) is 35.7 Å². The number of rotatable bonds is 5. The fourth-order valence-corrected chi connectivity index (χ4v) is 4.65. The third-order valence-corrected chi connectivity index (χ3v) is 6.58. The van der Waals surface area contributed by atoms with Crippen LogP contribution in [0.25, 0.3) is 22.3 Å². The van der Waals surface area contributed by atoms with Crippen molar-refractivity contribution in [1.29, 1.82) is 0 Å². The molecule has 0 unspecified atom stereocenters. The summed E-state index contributed by atoms with van der Waals surface area (Å²) < 4.78 is 26.1. The van der Waals surface area contributed by atoms with Gasteiger partial charge in [0.25, 0.3) is 0 Å². The first-order valence-electron chi connectivity index (χ1n) is 9.95. The maximum Gasteiger partial charge on any atom is 0.238 e. The van der Waals surface area contributed by atoms with Crippen LogP contribution in [0.5, 0.6) is 0 Å². The summed E-state index contributed by atoms with van der Waals surface area (Å²) >= 11 is 0. The molecule has 0 atom stereocenters. The lowest BCUT2D eigenvalue weighted by atomic mass is 10.0. The monoisotopic (exact) mass is 418 g/mol. The van der Waals surface area contributed by atoms with E-state index in [4.69, 9.17) is 10.1 Å². The number of imidazole rings is 1. The van der Waals surface area contributed by atoms with Crippen LogP contribution in [-0.4, -0.2) is 23.0 Å². The van der Waals surface area contributed by atoms with E-state index < -0.39 is 10.0 Å². The number of nitrogens with two attached hydrogens (primary N) is 1. The molecule has 30 heavy (non-hydrogen) atoms. The predicted molar refractivity (Wildman–Crippen MR) is 117 cm³/mol. The van der Waals surface area contributed by atoms with Gasteiger partial charge in [0.15, 0.2) is 5.65 Å². The van der Waals surface area contributed by atoms with E-state index >= 15 is 0 Å². The van der Waals surface area contributed by atoms with Crippen molar-refractivity contribution in [2.45, 2.75) is 37.1 Å². The van der Waals surface area contributed by atoms with Crippen molar-refractivity contribution in [3.63, 3.8) is 0 Å². The molecule has 0 spiro atoms. The summed E-state index contributed by atoms with van der Waals surface area (Å²) in [5, 5.41) is 5.39. The van der Waals surface area contributed by atoms with Gasteiger partial charge in [0.05, 0.1) is 11.4 Å². The summed E-state index contributed by atoms with van der Waals surface area (Å²) in [5.74, 6) is 1.62. The van der Waals surface area contributed by atoms with Crippen molar-refractivity contribution in [2.75, 3.05) is 0 Å². The quantitative estimate of drug-likeness (QED) is 0.531. The zero-order chi connectivity index (χ0) is 20.9. The zero-order valence-electron chi connectivity index (χ0n) is 16.6. The van der Waals surface area contributed by atoms with E-state index in [0.29, 0.717) is 18.0 Å². The second kappa shape index (κ2) is 7.04. The molecular formula is C23H22N4O2S. The summed E-state index contributed by atoms with van der Waals surface area (Å²) in [7, 11) is -3.79. The van der Waals surface area contributed by atoms with Gasteiger partial charge in [0.1, 0.15) is 11.3 Å². The second-order valence-corrected chi connectivity index (χ2v) is 9.40. The fraction of sp³-hybridized carbons (Fsp3) is 0.217. The van der Waals surface area contributed by atoms with Gasteiger partial charge in [-0.15, -0.1) is 0 Å². The van der Waals surface area contributed by atoms with E-state index in [0.717, 1.165) is 33.7 Å². The van der Waals surface area contributed by atoms with Crippen molar-refractivity contribution in [2.24, 2.45) is 5.14 Å². The second-order valence-electron chi connectivity index (χ2n) is 7.87. The van der Waals surface area contributed by atoms with Crippen molar-refractivity contribution < 1.29 is 8.42 Å². The predicted octanol–water partition coefficient (Wildman–Crippen LogP) is 3.98. The van der Waals surface area contributed by atoms with Gasteiger partial charge in [-0.05, 0) is 48.6 Å². The van der Waals surface area contributed by atoms with Gasteiger partial charge in [-0.3, -0.25) is 0 Å². The number of benzene rings is 2. The molecule has 0 aliphatic heterocycles. The third-order valence-electron chi connectivity index (χ3n) is 5.61. The normalized spacial score (nSPS) is 14.3. The Labute approximate surface area is 175 Å². The molecule has 1 fully saturated rings. The summed E-state index contributed by atoms with van der Waals surface area (Å²) in [6.45, 7) is 2.74. The Morgan fingerprint density at radius 3 is 2.50 bits per heavy atom. The minimum Gasteiger partial charge on any atom is -0.308 e. The lowest BCUT2D eigenvalue weighted by molar-refractivity contribution is 0.598. The van der Waals surface area contributed by atoms with Crippen LogP contribution in [0, 0.1) is 6.92 Å². The highest BCUT2D eigenvalue weighted by Gasteiger charge is 2.30. The minimum absolute atomic E-state index is 0.133. The number of aryl methyl sites for hydroxylation is 1. The van der Waals surface area contributed by atoms with Gasteiger partial charge in [0, 0.05) is 17.7 Å². The van der Waals surface area contributed by atoms with Gasteiger partial charge >= 0.3 is 0 Å². The molecule has 2 N–H and O–H groups in total. The SMILES string of the molecule is Cc1ccnc2c1nc(C1CC1)n2Cc1ccc(-c2ccccc2S(N)(=O)=O)cc1. The molecule has 1 saturated carbocycles. The van der Waals surface area contributed by atoms with Crippen molar-refractivity contribution in [3.8, 4) is 11.1 Å². The van der Waals surface area contributed by atoms with Crippen molar-refractivity contribution in [3.05, 3.63) is 77.7 Å². The highest BCUT2D eigenvalue weighted by molar-refractivity contribution is 7.89. The number of aromatic nitrogens is 3. The van der Waals surface area contributed by atoms with Gasteiger partial charge < -0.3 is 4.57 Å². The van der Waals surface area contributed by atoms with Gasteiger partial charge in [-0.2, -0.15) is 0 Å². The molecule has 1 aliphatic rings. The Kier molecular flexibility index (Phi) is 4.45. The Bertz CT molecular complexity index is 1350. The van der Waals surface area contributed by atoms with Crippen molar-refractivity contribution >= 4 is 21.2 Å². The molecule has 6 nitrogen and oxygen atoms in total. The van der Waals surface area contributed by atoms with E-state index in [9.17, 15) is 8.42 Å². The summed E-state index contributed by atoms with van der Waals surface area (Å²) in [5.41, 5.74) is 5.55. The Hall–Kier alpha value is -3.03. The maximum absolute atomic E-state index is 11.9. The van der Waals surface area contributed by atoms with Crippen LogP contribution in [-0.2, 0) is 16.6 Å². The fourth-order valence-electron chi connectivity index (χ4n) is 3.89. The maximum atomic E-state index is 11.9. The molecule has 0 amide bonds. The summed E-state index contributed by atoms with van der Waals surface area (Å²) in [6, 6.07) is 16.7. The molecule has 7 heteroatoms. The Morgan fingerprint density at radius 1 is 1.07 bits per heavy atom. The first-order chi connectivity index (χ1) is 14.4. The van der Waals surface area contributed by atoms with E-state index in [1.165, 1.54) is 18.9 Å². The number of sulfonamides is 1. The number of hydrogen-bond acceptors (Lipinski definition) is 4. The highest BCUT2D eigenvalue weighted by atomic mass is 32.2. The molecular weight excluding hydrogens is 396 g/mol. The van der Waals surface area contributed by atoms with Crippen LogP contribution in [0.2, 0.25) is 0 Å². The van der Waals surface area contributed by atoms with Crippen LogP contribution in [0.4, 0.5) is 0 Å². The largest absolute Gasteiger partial charge is 0.308 e. The molecule has 2 heterocycles. The van der Waals surface area contributed by atoms with Crippen molar-refractivity contribution in [1.82, 2.24) is 14.5 Å². The average molecular weight is 419 g/mol. The zero-order valence-corrected chi connectivity index (χ0v) is 17.4. The average Bonchev–Trinajstić information content (AvgIpc) is 3.51.